The van der Waals surface area contributed by atoms with Crippen molar-refractivity contribution < 1.29 is 0 Å². The van der Waals surface area contributed by atoms with Crippen molar-refractivity contribution in [3.8, 4) is 0 Å². The second kappa shape index (κ2) is 4.80. The Hall–Kier alpha value is -0.110. The van der Waals surface area contributed by atoms with Crippen molar-refractivity contribution >= 4 is 11.8 Å². The zero-order chi connectivity index (χ0) is 8.97. The fraction of sp³-hybridized carbons (Fsp3) is 0.800. The summed E-state index contributed by atoms with van der Waals surface area (Å²) in [5.41, 5.74) is 0. The van der Waals surface area contributed by atoms with Crippen LogP contribution in [0.3, 0.4) is 0 Å². The first-order valence-electron chi connectivity index (χ1n) is 4.74. The molecule has 12 heavy (non-hydrogen) atoms. The minimum atomic E-state index is 0.748. The molecule has 0 N–H and O–H groups in total. The van der Waals surface area contributed by atoms with E-state index in [1.807, 2.05) is 0 Å². The molecule has 0 amide bonds. The smallest absolute Gasteiger partial charge is 0.0294 e. The van der Waals surface area contributed by atoms with Crippen molar-refractivity contribution in [2.45, 2.75) is 25.5 Å². The molecule has 1 rings (SSSR count). The second-order valence-electron chi connectivity index (χ2n) is 3.55. The summed E-state index contributed by atoms with van der Waals surface area (Å²) in [6, 6.07) is 0. The lowest BCUT2D eigenvalue weighted by molar-refractivity contribution is 0.397. The number of allylic oxidation sites excluding steroid dienone is 1. The van der Waals surface area contributed by atoms with E-state index in [0.29, 0.717) is 0 Å². The van der Waals surface area contributed by atoms with Gasteiger partial charge in [-0.1, -0.05) is 19.9 Å². The predicted octanol–water partition coefficient (Wildman–Crippen LogP) is 2.59. The van der Waals surface area contributed by atoms with Gasteiger partial charge in [-0.25, -0.2) is 0 Å². The summed E-state index contributed by atoms with van der Waals surface area (Å²) < 4.78 is 0. The Balaban J connectivity index is 2.37. The van der Waals surface area contributed by atoms with Gasteiger partial charge in [0, 0.05) is 18.8 Å². The molecule has 0 aromatic heterocycles. The molecule has 0 spiro atoms. The van der Waals surface area contributed by atoms with Gasteiger partial charge in [0.25, 0.3) is 0 Å². The molecule has 0 bridgehead atoms. The lowest BCUT2D eigenvalue weighted by Gasteiger charge is -2.30. The number of nitrogens with zero attached hydrogens (tertiary/aromatic N) is 1. The first kappa shape index (κ1) is 9.97. The standard InChI is InChI=1S/C10H19NS/c1-4-7-12-10-8-11(3)6-5-9(10)2/h5-6,9-10H,4,7-8H2,1-3H3. The van der Waals surface area contributed by atoms with Gasteiger partial charge in [-0.15, -0.1) is 0 Å². The zero-order valence-electron chi connectivity index (χ0n) is 8.29. The molecule has 2 unspecified atom stereocenters. The van der Waals surface area contributed by atoms with E-state index in [1.54, 1.807) is 0 Å². The first-order chi connectivity index (χ1) is 5.74. The molecule has 0 saturated heterocycles. The van der Waals surface area contributed by atoms with Gasteiger partial charge in [0.15, 0.2) is 0 Å². The fourth-order valence-electron chi connectivity index (χ4n) is 1.39. The van der Waals surface area contributed by atoms with E-state index in [9.17, 15) is 0 Å². The van der Waals surface area contributed by atoms with Crippen LogP contribution in [0.15, 0.2) is 12.3 Å². The van der Waals surface area contributed by atoms with E-state index in [2.05, 4.69) is 49.8 Å². The van der Waals surface area contributed by atoms with Crippen LogP contribution < -0.4 is 0 Å². The molecule has 1 nitrogen and oxygen atoms in total. The average molecular weight is 185 g/mol. The first-order valence-corrected chi connectivity index (χ1v) is 5.79. The molecule has 1 heterocycles. The molecular formula is C10H19NS. The van der Waals surface area contributed by atoms with Crippen LogP contribution in [0.1, 0.15) is 20.3 Å². The topological polar surface area (TPSA) is 3.24 Å². The van der Waals surface area contributed by atoms with Crippen molar-refractivity contribution in [2.75, 3.05) is 19.3 Å². The average Bonchev–Trinajstić information content (AvgIpc) is 2.07. The SMILES string of the molecule is CCCSC1CN(C)C=CC1C. The van der Waals surface area contributed by atoms with Crippen LogP contribution in [0.2, 0.25) is 0 Å². The Labute approximate surface area is 80.2 Å². The summed E-state index contributed by atoms with van der Waals surface area (Å²) in [7, 11) is 2.15. The van der Waals surface area contributed by atoms with Gasteiger partial charge in [0.2, 0.25) is 0 Å². The lowest BCUT2D eigenvalue weighted by atomic mass is 10.1. The third-order valence-corrected chi connectivity index (χ3v) is 3.88. The Bertz CT molecular complexity index is 156. The predicted molar refractivity (Wildman–Crippen MR) is 57.5 cm³/mol. The van der Waals surface area contributed by atoms with Gasteiger partial charge in [-0.2, -0.15) is 11.8 Å². The Morgan fingerprint density at radius 1 is 1.58 bits per heavy atom. The minimum absolute atomic E-state index is 0.748. The Kier molecular flexibility index (Phi) is 3.99. The molecule has 0 fully saturated rings. The van der Waals surface area contributed by atoms with Gasteiger partial charge < -0.3 is 4.90 Å². The molecule has 1 aliphatic rings. The van der Waals surface area contributed by atoms with E-state index < -0.39 is 0 Å². The van der Waals surface area contributed by atoms with E-state index >= 15 is 0 Å². The van der Waals surface area contributed by atoms with Crippen LogP contribution in [-0.4, -0.2) is 29.5 Å². The van der Waals surface area contributed by atoms with Crippen LogP contribution >= 0.6 is 11.8 Å². The van der Waals surface area contributed by atoms with Crippen molar-refractivity contribution in [3.63, 3.8) is 0 Å². The number of hydrogen-bond acceptors (Lipinski definition) is 2. The number of thioether (sulfide) groups is 1. The maximum absolute atomic E-state index is 2.32. The molecule has 0 saturated carbocycles. The molecule has 0 aromatic carbocycles. The Morgan fingerprint density at radius 2 is 2.33 bits per heavy atom. The fourth-order valence-corrected chi connectivity index (χ4v) is 2.66. The van der Waals surface area contributed by atoms with Crippen LogP contribution in [-0.2, 0) is 0 Å². The molecular weight excluding hydrogens is 166 g/mol. The van der Waals surface area contributed by atoms with Crippen LogP contribution in [0, 0.1) is 5.92 Å². The summed E-state index contributed by atoms with van der Waals surface area (Å²) in [5.74, 6) is 2.05. The van der Waals surface area contributed by atoms with Crippen molar-refractivity contribution in [1.82, 2.24) is 4.90 Å². The highest BCUT2D eigenvalue weighted by molar-refractivity contribution is 7.99. The molecule has 0 aromatic rings. The van der Waals surface area contributed by atoms with E-state index in [-0.39, 0.29) is 0 Å². The molecule has 0 radical (unpaired) electrons. The maximum atomic E-state index is 2.32. The van der Waals surface area contributed by atoms with Gasteiger partial charge >= 0.3 is 0 Å². The number of hydrogen-bond donors (Lipinski definition) is 0. The quantitative estimate of drug-likeness (QED) is 0.665. The van der Waals surface area contributed by atoms with Gasteiger partial charge in [-0.05, 0) is 24.3 Å². The molecule has 2 atom stereocenters. The van der Waals surface area contributed by atoms with E-state index in [0.717, 1.165) is 11.2 Å². The van der Waals surface area contributed by atoms with Gasteiger partial charge in [0.05, 0.1) is 0 Å². The highest BCUT2D eigenvalue weighted by Gasteiger charge is 2.19. The monoisotopic (exact) mass is 185 g/mol. The highest BCUT2D eigenvalue weighted by atomic mass is 32.2. The summed E-state index contributed by atoms with van der Waals surface area (Å²) in [5, 5.41) is 0.806. The van der Waals surface area contributed by atoms with Crippen molar-refractivity contribution in [2.24, 2.45) is 5.92 Å². The van der Waals surface area contributed by atoms with E-state index in [4.69, 9.17) is 0 Å². The van der Waals surface area contributed by atoms with Crippen LogP contribution in [0.5, 0.6) is 0 Å². The highest BCUT2D eigenvalue weighted by Crippen LogP contribution is 2.25. The Morgan fingerprint density at radius 3 is 3.00 bits per heavy atom. The maximum Gasteiger partial charge on any atom is 0.0294 e. The minimum Gasteiger partial charge on any atom is -0.380 e. The molecule has 70 valence electrons. The second-order valence-corrected chi connectivity index (χ2v) is 4.90. The third-order valence-electron chi connectivity index (χ3n) is 2.23. The summed E-state index contributed by atoms with van der Waals surface area (Å²) in [4.78, 5) is 2.29. The van der Waals surface area contributed by atoms with Crippen molar-refractivity contribution in [1.29, 1.82) is 0 Å². The normalized spacial score (nSPS) is 29.4. The molecule has 2 heteroatoms. The van der Waals surface area contributed by atoms with Crippen LogP contribution in [0.4, 0.5) is 0 Å². The van der Waals surface area contributed by atoms with Crippen LogP contribution in [0.25, 0.3) is 0 Å². The summed E-state index contributed by atoms with van der Waals surface area (Å²) in [6.07, 6.45) is 5.81. The van der Waals surface area contributed by atoms with Gasteiger partial charge in [-0.3, -0.25) is 0 Å². The summed E-state index contributed by atoms with van der Waals surface area (Å²) in [6.45, 7) is 5.78. The van der Waals surface area contributed by atoms with E-state index in [1.165, 1.54) is 18.7 Å². The van der Waals surface area contributed by atoms with Gasteiger partial charge in [0.1, 0.15) is 0 Å². The third kappa shape index (κ3) is 2.74. The number of rotatable bonds is 3. The summed E-state index contributed by atoms with van der Waals surface area (Å²) >= 11 is 2.12. The zero-order valence-corrected chi connectivity index (χ0v) is 9.10. The largest absolute Gasteiger partial charge is 0.380 e. The molecule has 0 aliphatic carbocycles. The van der Waals surface area contributed by atoms with Crippen molar-refractivity contribution in [3.05, 3.63) is 12.3 Å². The molecule has 1 aliphatic heterocycles. The lowest BCUT2D eigenvalue weighted by Crippen LogP contribution is -2.31.